The zero-order valence-electron chi connectivity index (χ0n) is 9.80. The summed E-state index contributed by atoms with van der Waals surface area (Å²) >= 11 is 3.18. The molecule has 0 bridgehead atoms. The van der Waals surface area contributed by atoms with Crippen molar-refractivity contribution in [3.63, 3.8) is 0 Å². The summed E-state index contributed by atoms with van der Waals surface area (Å²) < 4.78 is 19.1. The maximum atomic E-state index is 13.9. The van der Waals surface area contributed by atoms with Crippen molar-refractivity contribution in [3.8, 4) is 0 Å². The molecule has 0 N–H and O–H groups in total. The van der Waals surface area contributed by atoms with Gasteiger partial charge in [-0.1, -0.05) is 15.9 Å². The van der Waals surface area contributed by atoms with E-state index in [4.69, 9.17) is 4.74 Å². The molecule has 2 fully saturated rings. The minimum atomic E-state index is -1.08. The third-order valence-corrected chi connectivity index (χ3v) is 4.16. The van der Waals surface area contributed by atoms with E-state index < -0.39 is 11.3 Å². The number of alkyl halides is 2. The Bertz CT molecular complexity index is 304. The van der Waals surface area contributed by atoms with Crippen molar-refractivity contribution in [2.45, 2.75) is 32.0 Å². The number of ether oxygens (including phenoxy) is 1. The van der Waals surface area contributed by atoms with Crippen LogP contribution in [0.15, 0.2) is 0 Å². The molecule has 0 aromatic rings. The maximum absolute atomic E-state index is 13.9. The lowest BCUT2D eigenvalue weighted by Crippen LogP contribution is -2.39. The van der Waals surface area contributed by atoms with Gasteiger partial charge in [-0.3, -0.25) is 0 Å². The van der Waals surface area contributed by atoms with Gasteiger partial charge in [-0.25, -0.2) is 9.18 Å². The molecule has 1 aliphatic carbocycles. The highest BCUT2D eigenvalue weighted by molar-refractivity contribution is 9.09. The van der Waals surface area contributed by atoms with Crippen molar-refractivity contribution in [2.24, 2.45) is 11.8 Å². The largest absolute Gasteiger partial charge is 0.444 e. The predicted molar refractivity (Wildman–Crippen MR) is 62.4 cm³/mol. The van der Waals surface area contributed by atoms with Crippen molar-refractivity contribution in [1.82, 2.24) is 4.90 Å². The van der Waals surface area contributed by atoms with E-state index in [9.17, 15) is 9.18 Å². The van der Waals surface area contributed by atoms with Gasteiger partial charge in [-0.05, 0) is 20.8 Å². The fourth-order valence-corrected chi connectivity index (χ4v) is 3.18. The van der Waals surface area contributed by atoms with Crippen molar-refractivity contribution in [1.29, 1.82) is 0 Å². The number of fused-ring (bicyclic) bond motifs is 1. The van der Waals surface area contributed by atoms with E-state index in [1.807, 2.05) is 20.8 Å². The molecule has 0 aromatic carbocycles. The molecule has 0 radical (unpaired) electrons. The van der Waals surface area contributed by atoms with E-state index in [0.29, 0.717) is 18.4 Å². The molecule has 1 saturated carbocycles. The molecular weight excluding hydrogens is 277 g/mol. The van der Waals surface area contributed by atoms with Crippen LogP contribution in [0.5, 0.6) is 0 Å². The Morgan fingerprint density at radius 2 is 2.00 bits per heavy atom. The molecule has 2 rings (SSSR count). The number of carbonyl (C=O) groups is 1. The zero-order chi connectivity index (χ0) is 12.1. The average molecular weight is 294 g/mol. The standard InChI is InChI=1S/C11H17BrFNO2/c1-10(2,3)16-9(15)14-4-7-8(5-14)11(7,13)6-12/h7-8H,4-6H2,1-3H3/t7-,8+,11+. The SMILES string of the molecule is CC(C)(C)OC(=O)N1C[C@@H]2[C@H](C1)[C@]2(F)CBr. The highest BCUT2D eigenvalue weighted by Crippen LogP contribution is 2.59. The van der Waals surface area contributed by atoms with E-state index >= 15 is 0 Å². The number of halogens is 2. The van der Waals surface area contributed by atoms with E-state index in [1.165, 1.54) is 0 Å². The van der Waals surface area contributed by atoms with Crippen LogP contribution in [0, 0.1) is 11.8 Å². The van der Waals surface area contributed by atoms with E-state index in [0.717, 1.165) is 0 Å². The van der Waals surface area contributed by atoms with Gasteiger partial charge in [0.1, 0.15) is 11.3 Å². The van der Waals surface area contributed by atoms with E-state index in [-0.39, 0.29) is 17.9 Å². The summed E-state index contributed by atoms with van der Waals surface area (Å²) in [5, 5.41) is 0.373. The van der Waals surface area contributed by atoms with Crippen LogP contribution < -0.4 is 0 Å². The van der Waals surface area contributed by atoms with Gasteiger partial charge >= 0.3 is 6.09 Å². The lowest BCUT2D eigenvalue weighted by atomic mass is 10.2. The van der Waals surface area contributed by atoms with E-state index in [1.54, 1.807) is 4.90 Å². The summed E-state index contributed by atoms with van der Waals surface area (Å²) in [5.74, 6) is -0.00112. The van der Waals surface area contributed by atoms with Gasteiger partial charge < -0.3 is 9.64 Å². The van der Waals surface area contributed by atoms with Gasteiger partial charge in [-0.15, -0.1) is 0 Å². The van der Waals surface area contributed by atoms with Gasteiger partial charge in [0.15, 0.2) is 0 Å². The van der Waals surface area contributed by atoms with Crippen LogP contribution in [0.2, 0.25) is 0 Å². The second kappa shape index (κ2) is 3.59. The lowest BCUT2D eigenvalue weighted by Gasteiger charge is -2.26. The first-order chi connectivity index (χ1) is 7.28. The zero-order valence-corrected chi connectivity index (χ0v) is 11.4. The Balaban J connectivity index is 1.87. The van der Waals surface area contributed by atoms with Crippen molar-refractivity contribution in [2.75, 3.05) is 18.4 Å². The summed E-state index contributed by atoms with van der Waals surface area (Å²) in [4.78, 5) is 13.3. The van der Waals surface area contributed by atoms with Crippen LogP contribution in [0.1, 0.15) is 20.8 Å². The molecular formula is C11H17BrFNO2. The van der Waals surface area contributed by atoms with Crippen LogP contribution in [0.3, 0.4) is 0 Å². The molecule has 0 spiro atoms. The molecule has 92 valence electrons. The summed E-state index contributed by atoms with van der Waals surface area (Å²) in [6.45, 7) is 6.47. The van der Waals surface area contributed by atoms with Gasteiger partial charge in [0, 0.05) is 30.3 Å². The van der Waals surface area contributed by atoms with Crippen LogP contribution in [-0.4, -0.2) is 40.7 Å². The number of rotatable bonds is 1. The quantitative estimate of drug-likeness (QED) is 0.696. The molecule has 2 aliphatic rings. The highest BCUT2D eigenvalue weighted by atomic mass is 79.9. The number of likely N-dealkylation sites (tertiary alicyclic amines) is 1. The normalized spacial score (nSPS) is 37.2. The monoisotopic (exact) mass is 293 g/mol. The van der Waals surface area contributed by atoms with Crippen molar-refractivity contribution < 1.29 is 13.9 Å². The second-order valence-corrected chi connectivity index (χ2v) is 6.22. The van der Waals surface area contributed by atoms with Crippen molar-refractivity contribution >= 4 is 22.0 Å². The number of nitrogens with zero attached hydrogens (tertiary/aromatic N) is 1. The molecule has 1 amide bonds. The number of hydrogen-bond acceptors (Lipinski definition) is 2. The smallest absolute Gasteiger partial charge is 0.410 e. The Morgan fingerprint density at radius 3 is 2.38 bits per heavy atom. The predicted octanol–water partition coefficient (Wildman–Crippen LogP) is 2.59. The maximum Gasteiger partial charge on any atom is 0.410 e. The first-order valence-electron chi connectivity index (χ1n) is 5.51. The Morgan fingerprint density at radius 1 is 1.50 bits per heavy atom. The van der Waals surface area contributed by atoms with Gasteiger partial charge in [0.05, 0.1) is 0 Å². The Hall–Kier alpha value is -0.320. The number of amides is 1. The van der Waals surface area contributed by atoms with Gasteiger partial charge in [0.2, 0.25) is 0 Å². The molecule has 1 saturated heterocycles. The number of carbonyl (C=O) groups excluding carboxylic acids is 1. The highest BCUT2D eigenvalue weighted by Gasteiger charge is 2.69. The topological polar surface area (TPSA) is 29.5 Å². The minimum Gasteiger partial charge on any atom is -0.444 e. The van der Waals surface area contributed by atoms with Crippen molar-refractivity contribution in [3.05, 3.63) is 0 Å². The fraction of sp³-hybridized carbons (Fsp3) is 0.909. The molecule has 5 heteroatoms. The molecule has 0 unspecified atom stereocenters. The van der Waals surface area contributed by atoms with Gasteiger partial charge in [-0.2, -0.15) is 0 Å². The van der Waals surface area contributed by atoms with Crippen LogP contribution in [0.4, 0.5) is 9.18 Å². The third-order valence-electron chi connectivity index (χ3n) is 3.30. The molecule has 1 aliphatic heterocycles. The Kier molecular flexibility index (Phi) is 2.72. The number of piperidine rings is 1. The minimum absolute atomic E-state index is 0.000562. The third kappa shape index (κ3) is 1.94. The fourth-order valence-electron chi connectivity index (χ4n) is 2.35. The molecule has 1 heterocycles. The molecule has 0 aromatic heterocycles. The molecule has 3 nitrogen and oxygen atoms in total. The summed E-state index contributed by atoms with van der Waals surface area (Å²) in [5.41, 5.74) is -1.56. The molecule has 16 heavy (non-hydrogen) atoms. The second-order valence-electron chi connectivity index (χ2n) is 5.66. The lowest BCUT2D eigenvalue weighted by molar-refractivity contribution is 0.0245. The van der Waals surface area contributed by atoms with Crippen LogP contribution in [-0.2, 0) is 4.74 Å². The number of hydrogen-bond donors (Lipinski definition) is 0. The molecule has 3 atom stereocenters. The van der Waals surface area contributed by atoms with Gasteiger partial charge in [0.25, 0.3) is 0 Å². The van der Waals surface area contributed by atoms with Crippen LogP contribution in [0.25, 0.3) is 0 Å². The summed E-state index contributed by atoms with van der Waals surface area (Å²) in [6.07, 6.45) is -0.323. The first-order valence-corrected chi connectivity index (χ1v) is 6.63. The summed E-state index contributed by atoms with van der Waals surface area (Å²) in [7, 11) is 0. The van der Waals surface area contributed by atoms with Crippen LogP contribution >= 0.6 is 15.9 Å². The average Bonchev–Trinajstić information content (AvgIpc) is 2.59. The first kappa shape index (κ1) is 12.1. The summed E-state index contributed by atoms with van der Waals surface area (Å²) in [6, 6.07) is 0. The van der Waals surface area contributed by atoms with E-state index in [2.05, 4.69) is 15.9 Å². The Labute approximate surface area is 103 Å².